The Kier molecular flexibility index (Phi) is 9.10. The van der Waals surface area contributed by atoms with Crippen LogP contribution in [0.1, 0.15) is 93.9 Å². The molecule has 2 aliphatic heterocycles. The average molecular weight is 671 g/mol. The van der Waals surface area contributed by atoms with Gasteiger partial charge in [0.2, 0.25) is 0 Å². The summed E-state index contributed by atoms with van der Waals surface area (Å²) in [5, 5.41) is 22.4. The van der Waals surface area contributed by atoms with Crippen LogP contribution in [-0.2, 0) is 23.8 Å². The minimum Gasteiger partial charge on any atom is -0.481 e. The van der Waals surface area contributed by atoms with E-state index in [9.17, 15) is 14.7 Å². The van der Waals surface area contributed by atoms with Crippen molar-refractivity contribution in [3.63, 3.8) is 0 Å². The Balaban J connectivity index is 1.34. The van der Waals surface area contributed by atoms with E-state index >= 15 is 0 Å². The first kappa shape index (κ1) is 35.6. The molecule has 48 heavy (non-hydrogen) atoms. The summed E-state index contributed by atoms with van der Waals surface area (Å²) < 4.78 is 19.5. The molecule has 0 spiro atoms. The zero-order chi connectivity index (χ0) is 35.0. The van der Waals surface area contributed by atoms with Crippen molar-refractivity contribution < 1.29 is 28.9 Å². The molecule has 0 radical (unpaired) electrons. The van der Waals surface area contributed by atoms with E-state index in [0.717, 1.165) is 32.1 Å². The molecule has 1 unspecified atom stereocenters. The minimum absolute atomic E-state index is 0.0441. The van der Waals surface area contributed by atoms with Crippen LogP contribution in [0.25, 0.3) is 0 Å². The van der Waals surface area contributed by atoms with Gasteiger partial charge in [0.25, 0.3) is 0 Å². The standard InChI is InChI=1S/C38H62N4O6/c1-22(2)23(3)34(5)13-14-36(7)26-9-10-29-35(6)20-46-21-38(29,27(26)11-12-37(36,8)30(34)32(44)45)17-28(48-24(4)43)31(35)47-16-15-42-19-25(39)18-41-33(42)40/h11,22-23,25-26,28-31H,9-10,12-21,39H2,1-8H3,(H2,40,41)(H,44,45)/t23-,25+,26+,28-,29?,30-,31+,34-,35+,36-,37+,38+/m1/s1. The molecule has 2 bridgehead atoms. The number of esters is 1. The molecule has 5 N–H and O–H groups in total. The van der Waals surface area contributed by atoms with Crippen LogP contribution in [0.2, 0.25) is 0 Å². The minimum atomic E-state index is -0.652. The molecule has 270 valence electrons. The number of carbonyl (C=O) groups excluding carboxylic acids is 1. The fraction of sp³-hybridized carbons (Fsp3) is 0.868. The van der Waals surface area contributed by atoms with Gasteiger partial charge < -0.3 is 35.3 Å². The Bertz CT molecular complexity index is 1340. The molecule has 6 rings (SSSR count). The highest BCUT2D eigenvalue weighted by atomic mass is 16.6. The summed E-state index contributed by atoms with van der Waals surface area (Å²) in [6.45, 7) is 20.6. The van der Waals surface area contributed by atoms with Crippen molar-refractivity contribution in [1.29, 1.82) is 5.41 Å². The molecule has 6 aliphatic rings. The number of nitrogens with zero attached hydrogens (tertiary/aromatic N) is 1. The number of allylic oxidation sites excluding steroid dienone is 1. The first-order chi connectivity index (χ1) is 22.4. The van der Waals surface area contributed by atoms with Gasteiger partial charge in [-0.1, -0.05) is 60.1 Å². The van der Waals surface area contributed by atoms with Gasteiger partial charge in [0.05, 0.1) is 25.7 Å². The Hall–Kier alpha value is -2.17. The van der Waals surface area contributed by atoms with Crippen LogP contribution < -0.4 is 11.1 Å². The van der Waals surface area contributed by atoms with Gasteiger partial charge >= 0.3 is 11.9 Å². The summed E-state index contributed by atoms with van der Waals surface area (Å²) >= 11 is 0. The number of carbonyl (C=O) groups is 2. The van der Waals surface area contributed by atoms with E-state index in [2.05, 4.69) is 59.9 Å². The molecule has 4 aliphatic carbocycles. The number of nitrogens with one attached hydrogen (secondary N) is 2. The van der Waals surface area contributed by atoms with Crippen LogP contribution in [0.15, 0.2) is 11.6 Å². The Morgan fingerprint density at radius 2 is 1.88 bits per heavy atom. The van der Waals surface area contributed by atoms with Crippen molar-refractivity contribution in [2.24, 2.45) is 62.4 Å². The third kappa shape index (κ3) is 5.16. The quantitative estimate of drug-likeness (QED) is 0.206. The maximum Gasteiger partial charge on any atom is 0.307 e. The number of rotatable bonds is 8. The van der Waals surface area contributed by atoms with Gasteiger partial charge in [-0.25, -0.2) is 0 Å². The summed E-state index contributed by atoms with van der Waals surface area (Å²) in [5.74, 6) is 0.200. The van der Waals surface area contributed by atoms with Crippen molar-refractivity contribution in [3.8, 4) is 0 Å². The number of carboxylic acids is 1. The van der Waals surface area contributed by atoms with Gasteiger partial charge in [-0.15, -0.1) is 0 Å². The average Bonchev–Trinajstić information content (AvgIpc) is 3.00. The number of carboxylic acid groups (broad SMARTS) is 1. The Morgan fingerprint density at radius 3 is 2.54 bits per heavy atom. The van der Waals surface area contributed by atoms with Crippen molar-refractivity contribution in [3.05, 3.63) is 11.6 Å². The van der Waals surface area contributed by atoms with E-state index in [1.807, 2.05) is 4.90 Å². The molecule has 3 saturated carbocycles. The maximum atomic E-state index is 13.4. The van der Waals surface area contributed by atoms with Gasteiger partial charge in [-0.05, 0) is 78.4 Å². The van der Waals surface area contributed by atoms with Gasteiger partial charge in [0.15, 0.2) is 5.96 Å². The molecule has 2 heterocycles. The van der Waals surface area contributed by atoms with Crippen molar-refractivity contribution in [2.45, 2.75) is 112 Å². The van der Waals surface area contributed by atoms with Gasteiger partial charge in [0.1, 0.15) is 12.2 Å². The van der Waals surface area contributed by atoms with Crippen LogP contribution in [0.5, 0.6) is 0 Å². The summed E-state index contributed by atoms with van der Waals surface area (Å²) in [7, 11) is 0. The second-order valence-corrected chi connectivity index (χ2v) is 17.9. The third-order valence-corrected chi connectivity index (χ3v) is 15.3. The van der Waals surface area contributed by atoms with E-state index in [4.69, 9.17) is 25.4 Å². The molecular weight excluding hydrogens is 608 g/mol. The molecule has 0 aromatic carbocycles. The molecule has 10 nitrogen and oxygen atoms in total. The monoisotopic (exact) mass is 670 g/mol. The fourth-order valence-corrected chi connectivity index (χ4v) is 12.5. The van der Waals surface area contributed by atoms with Crippen molar-refractivity contribution in [2.75, 3.05) is 39.5 Å². The van der Waals surface area contributed by atoms with E-state index < -0.39 is 18.0 Å². The second kappa shape index (κ2) is 12.3. The lowest BCUT2D eigenvalue weighted by molar-refractivity contribution is -0.267. The lowest BCUT2D eigenvalue weighted by Crippen LogP contribution is -2.70. The highest BCUT2D eigenvalue weighted by molar-refractivity contribution is 5.77. The number of fused-ring (bicyclic) bond motifs is 3. The zero-order valence-corrected chi connectivity index (χ0v) is 30.7. The summed E-state index contributed by atoms with van der Waals surface area (Å²) in [5.41, 5.74) is 6.06. The molecule has 12 atom stereocenters. The van der Waals surface area contributed by atoms with Gasteiger partial charge in [0, 0.05) is 43.4 Å². The fourth-order valence-electron chi connectivity index (χ4n) is 12.5. The first-order valence-electron chi connectivity index (χ1n) is 18.6. The van der Waals surface area contributed by atoms with Gasteiger partial charge in [-0.2, -0.15) is 0 Å². The largest absolute Gasteiger partial charge is 0.481 e. The summed E-state index contributed by atoms with van der Waals surface area (Å²) in [4.78, 5) is 27.9. The normalized spacial score (nSPS) is 46.0. The van der Waals surface area contributed by atoms with Crippen LogP contribution >= 0.6 is 0 Å². The van der Waals surface area contributed by atoms with Crippen molar-refractivity contribution in [1.82, 2.24) is 10.2 Å². The smallest absolute Gasteiger partial charge is 0.307 e. The number of hydrogen-bond acceptors (Lipinski definition) is 7. The number of ether oxygens (including phenoxy) is 3. The van der Waals surface area contributed by atoms with Crippen LogP contribution in [0, 0.1) is 62.1 Å². The van der Waals surface area contributed by atoms with E-state index in [-0.39, 0.29) is 51.1 Å². The van der Waals surface area contributed by atoms with E-state index in [1.165, 1.54) is 12.5 Å². The molecule has 10 heteroatoms. The lowest BCUT2D eigenvalue weighted by atomic mass is 9.34. The van der Waals surface area contributed by atoms with Gasteiger partial charge in [-0.3, -0.25) is 15.0 Å². The highest BCUT2D eigenvalue weighted by Gasteiger charge is 2.72. The first-order valence-corrected chi connectivity index (χ1v) is 18.6. The predicted molar refractivity (Wildman–Crippen MR) is 184 cm³/mol. The number of guanidine groups is 1. The maximum absolute atomic E-state index is 13.4. The topological polar surface area (TPSA) is 147 Å². The SMILES string of the molecule is CC(=O)O[C@@H]1C[C@@]23COC[C@@](C)(C2CC[C@H]2C3=CC[C@@]3(C)[C@H](C(=O)O)[C@@](C)([C@H](C)C(C)C)CC[C@]23C)[C@H]1OCCN1C[C@@H](N)CNC1=N. The number of aliphatic carboxylic acids is 1. The van der Waals surface area contributed by atoms with Crippen LogP contribution in [-0.4, -0.2) is 85.6 Å². The highest BCUT2D eigenvalue weighted by Crippen LogP contribution is 2.75. The Morgan fingerprint density at radius 1 is 1.15 bits per heavy atom. The summed E-state index contributed by atoms with van der Waals surface area (Å²) in [6.07, 6.45) is 6.97. The number of nitrogens with two attached hydrogens (primary N) is 1. The molecule has 0 amide bonds. The molecule has 5 fully saturated rings. The van der Waals surface area contributed by atoms with E-state index in [1.54, 1.807) is 0 Å². The molecule has 0 aromatic rings. The lowest BCUT2D eigenvalue weighted by Gasteiger charge is -2.71. The van der Waals surface area contributed by atoms with Crippen LogP contribution in [0.4, 0.5) is 0 Å². The van der Waals surface area contributed by atoms with Crippen molar-refractivity contribution >= 4 is 17.9 Å². The molecule has 2 saturated heterocycles. The number of hydrogen-bond donors (Lipinski definition) is 4. The predicted octanol–water partition coefficient (Wildman–Crippen LogP) is 5.06. The zero-order valence-electron chi connectivity index (χ0n) is 30.7. The third-order valence-electron chi connectivity index (χ3n) is 15.3. The molecule has 0 aromatic heterocycles. The van der Waals surface area contributed by atoms with E-state index in [0.29, 0.717) is 69.6 Å². The van der Waals surface area contributed by atoms with Crippen LogP contribution in [0.3, 0.4) is 0 Å². The summed E-state index contributed by atoms with van der Waals surface area (Å²) in [6, 6.07) is -0.0441. The Labute approximate surface area is 287 Å². The second-order valence-electron chi connectivity index (χ2n) is 17.9. The molecular formula is C38H62N4O6.